The minimum absolute atomic E-state index is 0.302. The molecule has 1 unspecified atom stereocenters. The van der Waals surface area contributed by atoms with E-state index in [9.17, 15) is 4.79 Å². The van der Waals surface area contributed by atoms with E-state index in [1.165, 1.54) is 0 Å². The number of carboxylic acids is 1. The third kappa shape index (κ3) is 3.06. The van der Waals surface area contributed by atoms with Crippen LogP contribution in [0.1, 0.15) is 19.4 Å². The van der Waals surface area contributed by atoms with Gasteiger partial charge in [-0.05, 0) is 11.6 Å². The lowest BCUT2D eigenvalue weighted by molar-refractivity contribution is -0.138. The van der Waals surface area contributed by atoms with Crippen LogP contribution in [-0.4, -0.2) is 21.7 Å². The van der Waals surface area contributed by atoms with Crippen molar-refractivity contribution in [3.8, 4) is 0 Å². The van der Waals surface area contributed by atoms with E-state index in [0.29, 0.717) is 12.1 Å². The summed E-state index contributed by atoms with van der Waals surface area (Å²) < 4.78 is 1.90. The predicted molar refractivity (Wildman–Crippen MR) is 78.0 cm³/mol. The van der Waals surface area contributed by atoms with Gasteiger partial charge in [0.15, 0.2) is 0 Å². The molecule has 0 aliphatic carbocycles. The van der Waals surface area contributed by atoms with Gasteiger partial charge in [0.2, 0.25) is 0 Å². The summed E-state index contributed by atoms with van der Waals surface area (Å²) in [5, 5.41) is 9.78. The monoisotopic (exact) mass is 263 g/mol. The van der Waals surface area contributed by atoms with E-state index in [1.54, 1.807) is 0 Å². The number of benzene rings is 1. The highest BCUT2D eigenvalue weighted by Gasteiger charge is 2.16. The molecule has 2 aromatic rings. The maximum atomic E-state index is 10.8. The summed E-state index contributed by atoms with van der Waals surface area (Å²) in [4.78, 5) is 10.8. The number of fused-ring (bicyclic) bond motifs is 1. The summed E-state index contributed by atoms with van der Waals surface area (Å²) in [7, 11) is 1.88. The number of nitrogen functional groups attached to an aromatic ring is 1. The molecule has 1 aromatic heterocycles. The van der Waals surface area contributed by atoms with E-state index < -0.39 is 12.0 Å². The van der Waals surface area contributed by atoms with Gasteiger partial charge in [0.1, 0.15) is 6.04 Å². The van der Waals surface area contributed by atoms with E-state index in [2.05, 4.69) is 0 Å². The van der Waals surface area contributed by atoms with Crippen LogP contribution in [0.15, 0.2) is 24.4 Å². The number of nitrogens with two attached hydrogens (primary N) is 2. The molecule has 1 aromatic carbocycles. The van der Waals surface area contributed by atoms with Gasteiger partial charge in [-0.25, -0.2) is 0 Å². The number of hydrogen-bond acceptors (Lipinski definition) is 3. The third-order valence-electron chi connectivity index (χ3n) is 2.87. The second kappa shape index (κ2) is 6.24. The zero-order valence-electron chi connectivity index (χ0n) is 11.6. The zero-order chi connectivity index (χ0) is 14.6. The van der Waals surface area contributed by atoms with Crippen LogP contribution in [0.2, 0.25) is 0 Å². The number of aryl methyl sites for hydroxylation is 1. The van der Waals surface area contributed by atoms with Crippen molar-refractivity contribution in [2.75, 3.05) is 5.73 Å². The van der Waals surface area contributed by atoms with Crippen molar-refractivity contribution < 1.29 is 9.90 Å². The summed E-state index contributed by atoms with van der Waals surface area (Å²) in [6.07, 6.45) is 2.18. The summed E-state index contributed by atoms with van der Waals surface area (Å²) in [5.74, 6) is -0.995. The summed E-state index contributed by atoms with van der Waals surface area (Å²) in [5.41, 5.74) is 13.9. The average Bonchev–Trinajstić information content (AvgIpc) is 2.70. The second-order valence-corrected chi connectivity index (χ2v) is 4.16. The van der Waals surface area contributed by atoms with Crippen molar-refractivity contribution in [3.05, 3.63) is 30.0 Å². The highest BCUT2D eigenvalue weighted by Crippen LogP contribution is 2.26. The molecule has 0 saturated carbocycles. The standard InChI is InChI=1S/C12H15N3O2.C2H6/c1-15-6-7(5-10(14)12(16)17)8-3-2-4-9(13)11(8)15;1-2/h2-4,6,10H,5,13-14H2,1H3,(H,16,17);1-2H3. The minimum Gasteiger partial charge on any atom is -0.480 e. The highest BCUT2D eigenvalue weighted by atomic mass is 16.4. The van der Waals surface area contributed by atoms with Gasteiger partial charge in [-0.15, -0.1) is 0 Å². The highest BCUT2D eigenvalue weighted by molar-refractivity contribution is 5.93. The maximum absolute atomic E-state index is 10.8. The van der Waals surface area contributed by atoms with E-state index in [4.69, 9.17) is 16.6 Å². The maximum Gasteiger partial charge on any atom is 0.320 e. The minimum atomic E-state index is -0.995. The van der Waals surface area contributed by atoms with Crippen molar-refractivity contribution in [1.82, 2.24) is 4.57 Å². The van der Waals surface area contributed by atoms with E-state index in [0.717, 1.165) is 16.5 Å². The molecule has 5 heteroatoms. The molecule has 19 heavy (non-hydrogen) atoms. The summed E-state index contributed by atoms with van der Waals surface area (Å²) in [6.45, 7) is 4.00. The number of nitrogens with zero attached hydrogens (tertiary/aromatic N) is 1. The molecule has 1 heterocycles. The summed E-state index contributed by atoms with van der Waals surface area (Å²) >= 11 is 0. The Balaban J connectivity index is 0.000000861. The molecule has 0 aliphatic heterocycles. The number of para-hydroxylation sites is 1. The number of hydrogen-bond donors (Lipinski definition) is 3. The Hall–Kier alpha value is -2.01. The Labute approximate surface area is 112 Å². The Bertz CT molecular complexity index is 575. The Kier molecular flexibility index (Phi) is 4.94. The van der Waals surface area contributed by atoms with Crippen LogP contribution in [0.25, 0.3) is 10.9 Å². The van der Waals surface area contributed by atoms with Gasteiger partial charge in [-0.3, -0.25) is 4.79 Å². The average molecular weight is 263 g/mol. The molecule has 0 aliphatic rings. The van der Waals surface area contributed by atoms with Crippen LogP contribution >= 0.6 is 0 Å². The predicted octanol–water partition coefficient (Wildman–Crippen LogP) is 1.74. The van der Waals surface area contributed by atoms with Crippen molar-refractivity contribution in [3.63, 3.8) is 0 Å². The van der Waals surface area contributed by atoms with Crippen molar-refractivity contribution in [1.29, 1.82) is 0 Å². The van der Waals surface area contributed by atoms with Gasteiger partial charge in [0.05, 0.1) is 11.2 Å². The molecule has 0 spiro atoms. The lowest BCUT2D eigenvalue weighted by Gasteiger charge is -2.04. The molecule has 1 atom stereocenters. The van der Waals surface area contributed by atoms with Crippen molar-refractivity contribution >= 4 is 22.6 Å². The molecule has 0 bridgehead atoms. The lowest BCUT2D eigenvalue weighted by Crippen LogP contribution is -2.32. The molecule has 5 nitrogen and oxygen atoms in total. The first-order valence-corrected chi connectivity index (χ1v) is 6.31. The molecule has 0 saturated heterocycles. The molecule has 0 fully saturated rings. The van der Waals surface area contributed by atoms with Crippen LogP contribution in [-0.2, 0) is 18.3 Å². The number of aromatic nitrogens is 1. The van der Waals surface area contributed by atoms with Gasteiger partial charge in [-0.1, -0.05) is 26.0 Å². The molecule has 0 amide bonds. The van der Waals surface area contributed by atoms with Gasteiger partial charge < -0.3 is 21.1 Å². The molecule has 5 N–H and O–H groups in total. The quantitative estimate of drug-likeness (QED) is 0.735. The molecular weight excluding hydrogens is 242 g/mol. The second-order valence-electron chi connectivity index (χ2n) is 4.16. The smallest absolute Gasteiger partial charge is 0.320 e. The fourth-order valence-corrected chi connectivity index (χ4v) is 2.07. The van der Waals surface area contributed by atoms with Gasteiger partial charge in [-0.2, -0.15) is 0 Å². The fraction of sp³-hybridized carbons (Fsp3) is 0.357. The van der Waals surface area contributed by atoms with Crippen LogP contribution in [0.3, 0.4) is 0 Å². The van der Waals surface area contributed by atoms with E-state index in [1.807, 2.05) is 49.9 Å². The number of aliphatic carboxylic acids is 1. The van der Waals surface area contributed by atoms with Crippen LogP contribution in [0, 0.1) is 0 Å². The van der Waals surface area contributed by atoms with Gasteiger partial charge >= 0.3 is 5.97 Å². The van der Waals surface area contributed by atoms with Crippen LogP contribution < -0.4 is 11.5 Å². The molecule has 0 radical (unpaired) electrons. The molecule has 2 rings (SSSR count). The SMILES string of the molecule is CC.Cn1cc(CC(N)C(=O)O)c2cccc(N)c21. The Morgan fingerprint density at radius 3 is 2.63 bits per heavy atom. The largest absolute Gasteiger partial charge is 0.480 e. The van der Waals surface area contributed by atoms with Crippen LogP contribution in [0.5, 0.6) is 0 Å². The lowest BCUT2D eigenvalue weighted by atomic mass is 10.1. The topological polar surface area (TPSA) is 94.3 Å². The van der Waals surface area contributed by atoms with Gasteiger partial charge in [0.25, 0.3) is 0 Å². The summed E-state index contributed by atoms with van der Waals surface area (Å²) in [6, 6.07) is 4.72. The Morgan fingerprint density at radius 2 is 2.05 bits per heavy atom. The van der Waals surface area contributed by atoms with E-state index in [-0.39, 0.29) is 0 Å². The number of carboxylic acid groups (broad SMARTS) is 1. The fourth-order valence-electron chi connectivity index (χ4n) is 2.07. The first kappa shape index (κ1) is 15.0. The number of carbonyl (C=O) groups is 1. The van der Waals surface area contributed by atoms with Gasteiger partial charge in [0, 0.05) is 25.1 Å². The first-order valence-electron chi connectivity index (χ1n) is 6.31. The van der Waals surface area contributed by atoms with E-state index >= 15 is 0 Å². The van der Waals surface area contributed by atoms with Crippen molar-refractivity contribution in [2.24, 2.45) is 12.8 Å². The third-order valence-corrected chi connectivity index (χ3v) is 2.87. The number of anilines is 1. The van der Waals surface area contributed by atoms with Crippen LogP contribution in [0.4, 0.5) is 5.69 Å². The first-order chi connectivity index (χ1) is 9.00. The Morgan fingerprint density at radius 1 is 1.42 bits per heavy atom. The zero-order valence-corrected chi connectivity index (χ0v) is 11.6. The molecule has 104 valence electrons. The molecular formula is C14H21N3O2. The van der Waals surface area contributed by atoms with Crippen molar-refractivity contribution in [2.45, 2.75) is 26.3 Å². The normalized spacial score (nSPS) is 11.8. The number of rotatable bonds is 3.